The van der Waals surface area contributed by atoms with Crippen molar-refractivity contribution >= 4 is 28.6 Å². The minimum absolute atomic E-state index is 0.231. The summed E-state index contributed by atoms with van der Waals surface area (Å²) in [5.74, 6) is 0.876. The maximum atomic E-state index is 11.2. The number of methoxy groups -OCH3 is 1. The molecule has 0 N–H and O–H groups in total. The lowest BCUT2D eigenvalue weighted by Crippen LogP contribution is -2.09. The van der Waals surface area contributed by atoms with E-state index in [4.69, 9.17) is 11.6 Å². The zero-order valence-electron chi connectivity index (χ0n) is 10.4. The molecule has 1 aromatic carbocycles. The van der Waals surface area contributed by atoms with Gasteiger partial charge in [0.1, 0.15) is 5.82 Å². The summed E-state index contributed by atoms with van der Waals surface area (Å²) in [6.07, 6.45) is 0.319. The largest absolute Gasteiger partial charge is 0.469 e. The van der Waals surface area contributed by atoms with E-state index in [-0.39, 0.29) is 5.97 Å². The van der Waals surface area contributed by atoms with Crippen LogP contribution in [0.3, 0.4) is 0 Å². The number of nitrogens with zero attached hydrogens (tertiary/aromatic N) is 2. The number of esters is 1. The van der Waals surface area contributed by atoms with E-state index in [1.807, 2.05) is 23.6 Å². The third-order valence-corrected chi connectivity index (χ3v) is 3.11. The highest BCUT2D eigenvalue weighted by atomic mass is 35.5. The van der Waals surface area contributed by atoms with Gasteiger partial charge in [-0.2, -0.15) is 0 Å². The summed E-state index contributed by atoms with van der Waals surface area (Å²) in [7, 11) is 1.39. The van der Waals surface area contributed by atoms with E-state index in [0.29, 0.717) is 18.8 Å². The summed E-state index contributed by atoms with van der Waals surface area (Å²) in [5.41, 5.74) is 3.07. The molecule has 1 heterocycles. The summed E-state index contributed by atoms with van der Waals surface area (Å²) >= 11 is 5.89. The predicted molar refractivity (Wildman–Crippen MR) is 70.7 cm³/mol. The molecule has 2 aromatic rings. The molecule has 0 saturated carbocycles. The fourth-order valence-electron chi connectivity index (χ4n) is 1.94. The maximum Gasteiger partial charge on any atom is 0.307 e. The van der Waals surface area contributed by atoms with E-state index in [2.05, 4.69) is 15.8 Å². The summed E-state index contributed by atoms with van der Waals surface area (Å²) < 4.78 is 6.63. The van der Waals surface area contributed by atoms with Crippen LogP contribution in [0.1, 0.15) is 17.8 Å². The van der Waals surface area contributed by atoms with E-state index in [9.17, 15) is 4.79 Å². The monoisotopic (exact) mass is 266 g/mol. The molecule has 0 atom stereocenters. The van der Waals surface area contributed by atoms with Crippen molar-refractivity contribution in [1.82, 2.24) is 9.55 Å². The number of carbonyl (C=O) groups is 1. The van der Waals surface area contributed by atoms with Gasteiger partial charge < -0.3 is 9.30 Å². The van der Waals surface area contributed by atoms with Crippen molar-refractivity contribution in [2.75, 3.05) is 7.11 Å². The van der Waals surface area contributed by atoms with Crippen LogP contribution in [0.2, 0.25) is 0 Å². The van der Waals surface area contributed by atoms with Gasteiger partial charge in [0.2, 0.25) is 0 Å². The predicted octanol–water partition coefficient (Wildman–Crippen LogP) is 2.65. The quantitative estimate of drug-likeness (QED) is 0.631. The molecule has 4 nitrogen and oxygen atoms in total. The molecule has 0 spiro atoms. The zero-order chi connectivity index (χ0) is 13.1. The molecule has 5 heteroatoms. The number of hydrogen-bond donors (Lipinski definition) is 0. The lowest BCUT2D eigenvalue weighted by molar-refractivity contribution is -0.140. The number of aromatic nitrogens is 2. The molecule has 0 amide bonds. The highest BCUT2D eigenvalue weighted by Crippen LogP contribution is 2.19. The summed E-state index contributed by atoms with van der Waals surface area (Å²) in [4.78, 5) is 15.7. The Bertz CT molecular complexity index is 578. The van der Waals surface area contributed by atoms with Crippen molar-refractivity contribution in [3.05, 3.63) is 29.6 Å². The van der Waals surface area contributed by atoms with Crippen molar-refractivity contribution in [2.45, 2.75) is 25.8 Å². The van der Waals surface area contributed by atoms with Crippen LogP contribution in [0.25, 0.3) is 11.0 Å². The highest BCUT2D eigenvalue weighted by Gasteiger charge is 2.11. The lowest BCUT2D eigenvalue weighted by Gasteiger charge is -2.07. The summed E-state index contributed by atoms with van der Waals surface area (Å²) in [6, 6.07) is 6.03. The Morgan fingerprint density at radius 2 is 2.28 bits per heavy atom. The Labute approximate surface area is 111 Å². The average molecular weight is 267 g/mol. The normalized spacial score (nSPS) is 10.8. The van der Waals surface area contributed by atoms with Gasteiger partial charge in [-0.15, -0.1) is 11.6 Å². The topological polar surface area (TPSA) is 44.1 Å². The number of rotatable bonds is 4. The molecule has 2 rings (SSSR count). The minimum Gasteiger partial charge on any atom is -0.469 e. The second kappa shape index (κ2) is 5.40. The van der Waals surface area contributed by atoms with Crippen LogP contribution in [-0.2, 0) is 22.0 Å². The summed E-state index contributed by atoms with van der Waals surface area (Å²) in [6.45, 7) is 2.56. The van der Waals surface area contributed by atoms with Crippen molar-refractivity contribution in [1.29, 1.82) is 0 Å². The molecule has 0 saturated heterocycles. The molecule has 0 aliphatic rings. The van der Waals surface area contributed by atoms with Crippen molar-refractivity contribution < 1.29 is 9.53 Å². The molecule has 0 bridgehead atoms. The smallest absolute Gasteiger partial charge is 0.307 e. The first-order valence-corrected chi connectivity index (χ1v) is 6.27. The van der Waals surface area contributed by atoms with Crippen LogP contribution < -0.4 is 0 Å². The van der Waals surface area contributed by atoms with Crippen molar-refractivity contribution in [2.24, 2.45) is 0 Å². The van der Waals surface area contributed by atoms with Crippen LogP contribution in [0.5, 0.6) is 0 Å². The lowest BCUT2D eigenvalue weighted by atomic mass is 10.2. The standard InChI is InChI=1S/C13H15ClN2O2/c1-9-3-4-10-11(7-9)16(12(8-14)15-10)6-5-13(17)18-2/h3-4,7H,5-6,8H2,1-2H3. The van der Waals surface area contributed by atoms with Crippen LogP contribution in [0.15, 0.2) is 18.2 Å². The number of alkyl halides is 1. The Morgan fingerprint density at radius 1 is 1.50 bits per heavy atom. The van der Waals surface area contributed by atoms with E-state index in [1.54, 1.807) is 0 Å². The SMILES string of the molecule is COC(=O)CCn1c(CCl)nc2ccc(C)cc21. The second-order valence-electron chi connectivity index (χ2n) is 4.13. The third-order valence-electron chi connectivity index (χ3n) is 2.87. The molecular weight excluding hydrogens is 252 g/mol. The third kappa shape index (κ3) is 2.48. The number of fused-ring (bicyclic) bond motifs is 1. The number of benzene rings is 1. The Hall–Kier alpha value is -1.55. The fourth-order valence-corrected chi connectivity index (χ4v) is 2.14. The Morgan fingerprint density at radius 3 is 2.94 bits per heavy atom. The van der Waals surface area contributed by atoms with Gasteiger partial charge in [0, 0.05) is 6.54 Å². The maximum absolute atomic E-state index is 11.2. The van der Waals surface area contributed by atoms with Crippen LogP contribution >= 0.6 is 11.6 Å². The van der Waals surface area contributed by atoms with Gasteiger partial charge in [-0.25, -0.2) is 4.98 Å². The highest BCUT2D eigenvalue weighted by molar-refractivity contribution is 6.16. The number of hydrogen-bond acceptors (Lipinski definition) is 3. The van der Waals surface area contributed by atoms with Gasteiger partial charge in [-0.05, 0) is 24.6 Å². The molecule has 18 heavy (non-hydrogen) atoms. The average Bonchev–Trinajstić information content (AvgIpc) is 2.73. The molecular formula is C13H15ClN2O2. The van der Waals surface area contributed by atoms with Crippen LogP contribution in [0, 0.1) is 6.92 Å². The number of aryl methyl sites for hydroxylation is 2. The van der Waals surface area contributed by atoms with E-state index in [1.165, 1.54) is 7.11 Å². The van der Waals surface area contributed by atoms with E-state index < -0.39 is 0 Å². The first-order valence-electron chi connectivity index (χ1n) is 5.74. The molecule has 0 radical (unpaired) electrons. The number of ether oxygens (including phenoxy) is 1. The van der Waals surface area contributed by atoms with Gasteiger partial charge in [-0.1, -0.05) is 6.07 Å². The van der Waals surface area contributed by atoms with Gasteiger partial charge in [-0.3, -0.25) is 4.79 Å². The number of halogens is 1. The molecule has 1 aromatic heterocycles. The first kappa shape index (κ1) is 12.9. The molecule has 96 valence electrons. The number of carbonyl (C=O) groups excluding carboxylic acids is 1. The Kier molecular flexibility index (Phi) is 3.87. The van der Waals surface area contributed by atoms with Gasteiger partial charge >= 0.3 is 5.97 Å². The van der Waals surface area contributed by atoms with Crippen LogP contribution in [-0.4, -0.2) is 22.6 Å². The van der Waals surface area contributed by atoms with Gasteiger partial charge in [0.15, 0.2) is 0 Å². The molecule has 0 aliphatic heterocycles. The van der Waals surface area contributed by atoms with Gasteiger partial charge in [0.05, 0.1) is 30.4 Å². The zero-order valence-corrected chi connectivity index (χ0v) is 11.2. The first-order chi connectivity index (χ1) is 8.65. The molecule has 0 aliphatic carbocycles. The van der Waals surface area contributed by atoms with Crippen molar-refractivity contribution in [3.63, 3.8) is 0 Å². The summed E-state index contributed by atoms with van der Waals surface area (Å²) in [5, 5.41) is 0. The van der Waals surface area contributed by atoms with Crippen LogP contribution in [0.4, 0.5) is 0 Å². The van der Waals surface area contributed by atoms with E-state index >= 15 is 0 Å². The fraction of sp³-hybridized carbons (Fsp3) is 0.385. The second-order valence-corrected chi connectivity index (χ2v) is 4.40. The number of imidazole rings is 1. The van der Waals surface area contributed by atoms with Gasteiger partial charge in [0.25, 0.3) is 0 Å². The molecule has 0 unspecified atom stereocenters. The Balaban J connectivity index is 2.39. The minimum atomic E-state index is -0.231. The van der Waals surface area contributed by atoms with E-state index in [0.717, 1.165) is 22.4 Å². The molecule has 0 fully saturated rings. The van der Waals surface area contributed by atoms with Crippen molar-refractivity contribution in [3.8, 4) is 0 Å².